The molecule has 6 heteroatoms. The predicted molar refractivity (Wildman–Crippen MR) is 82.3 cm³/mol. The monoisotopic (exact) mass is 292 g/mol. The highest BCUT2D eigenvalue weighted by molar-refractivity contribution is 7.98. The van der Waals surface area contributed by atoms with E-state index in [-0.39, 0.29) is 5.82 Å². The molecule has 0 unspecified atom stereocenters. The molecule has 0 amide bonds. The molecule has 0 atom stereocenters. The second kappa shape index (κ2) is 7.09. The van der Waals surface area contributed by atoms with Gasteiger partial charge in [0.25, 0.3) is 0 Å². The molecular weight excluding hydrogens is 275 g/mol. The molecule has 2 rings (SSSR count). The van der Waals surface area contributed by atoms with E-state index in [9.17, 15) is 4.39 Å². The van der Waals surface area contributed by atoms with E-state index in [1.165, 1.54) is 23.9 Å². The second-order valence-electron chi connectivity index (χ2n) is 4.19. The molecule has 0 spiro atoms. The quantitative estimate of drug-likeness (QED) is 0.624. The molecule has 0 aliphatic heterocycles. The molecule has 0 saturated carbocycles. The average molecular weight is 292 g/mol. The van der Waals surface area contributed by atoms with Gasteiger partial charge in [0.1, 0.15) is 17.5 Å². The summed E-state index contributed by atoms with van der Waals surface area (Å²) in [6, 6.07) is 8.11. The zero-order chi connectivity index (χ0) is 14.4. The summed E-state index contributed by atoms with van der Waals surface area (Å²) in [6.45, 7) is 2.94. The molecule has 4 nitrogen and oxygen atoms in total. The lowest BCUT2D eigenvalue weighted by Gasteiger charge is -2.10. The van der Waals surface area contributed by atoms with Gasteiger partial charge in [-0.25, -0.2) is 14.4 Å². The number of halogens is 1. The smallest absolute Gasteiger partial charge is 0.191 e. The van der Waals surface area contributed by atoms with Crippen molar-refractivity contribution in [1.82, 2.24) is 9.97 Å². The van der Waals surface area contributed by atoms with E-state index in [1.807, 2.05) is 12.3 Å². The summed E-state index contributed by atoms with van der Waals surface area (Å²) in [5, 5.41) is 6.99. The molecule has 0 bridgehead atoms. The second-order valence-corrected chi connectivity index (χ2v) is 4.96. The van der Waals surface area contributed by atoms with Crippen molar-refractivity contribution in [2.24, 2.45) is 0 Å². The maximum Gasteiger partial charge on any atom is 0.191 e. The van der Waals surface area contributed by atoms with Gasteiger partial charge in [-0.15, -0.1) is 0 Å². The Morgan fingerprint density at radius 1 is 1.20 bits per heavy atom. The van der Waals surface area contributed by atoms with E-state index in [1.54, 1.807) is 12.1 Å². The van der Waals surface area contributed by atoms with E-state index < -0.39 is 0 Å². The standard InChI is InChI=1S/C14H17FN4S/c1-3-7-16-12-9-13(19-14(18-12)20-2)17-11-6-4-5-10(15)8-11/h4-6,8-9H,3,7H2,1-2H3,(H2,16,17,18,19). The van der Waals surface area contributed by atoms with Gasteiger partial charge in [-0.1, -0.05) is 24.8 Å². The van der Waals surface area contributed by atoms with Gasteiger partial charge in [-0.3, -0.25) is 0 Å². The molecule has 20 heavy (non-hydrogen) atoms. The molecule has 1 aromatic carbocycles. The van der Waals surface area contributed by atoms with Crippen molar-refractivity contribution in [2.45, 2.75) is 18.5 Å². The van der Waals surface area contributed by atoms with Crippen molar-refractivity contribution < 1.29 is 4.39 Å². The Hall–Kier alpha value is -1.82. The number of aromatic nitrogens is 2. The Kier molecular flexibility index (Phi) is 5.17. The SMILES string of the molecule is CCCNc1cc(Nc2cccc(F)c2)nc(SC)n1. The number of thioether (sulfide) groups is 1. The molecular formula is C14H17FN4S. The number of nitrogens with one attached hydrogen (secondary N) is 2. The van der Waals surface area contributed by atoms with Gasteiger partial charge in [-0.2, -0.15) is 0 Å². The Bertz CT molecular complexity index is 577. The lowest BCUT2D eigenvalue weighted by Crippen LogP contribution is -2.05. The molecule has 2 N–H and O–H groups in total. The minimum Gasteiger partial charge on any atom is -0.370 e. The maximum absolute atomic E-state index is 13.2. The van der Waals surface area contributed by atoms with Crippen LogP contribution in [0.4, 0.5) is 21.7 Å². The van der Waals surface area contributed by atoms with Crippen LogP contribution in [0.2, 0.25) is 0 Å². The Labute approximate surface area is 122 Å². The fraction of sp³-hybridized carbons (Fsp3) is 0.286. The van der Waals surface area contributed by atoms with Crippen LogP contribution in [-0.4, -0.2) is 22.8 Å². The predicted octanol–water partition coefficient (Wildman–Crippen LogP) is 3.90. The summed E-state index contributed by atoms with van der Waals surface area (Å²) in [7, 11) is 0. The van der Waals surface area contributed by atoms with Crippen LogP contribution in [0, 0.1) is 5.82 Å². The molecule has 106 valence electrons. The molecule has 2 aromatic rings. The number of rotatable bonds is 6. The molecule has 0 radical (unpaired) electrons. The van der Waals surface area contributed by atoms with E-state index >= 15 is 0 Å². The van der Waals surface area contributed by atoms with E-state index in [0.29, 0.717) is 16.7 Å². The van der Waals surface area contributed by atoms with E-state index in [2.05, 4.69) is 27.5 Å². The summed E-state index contributed by atoms with van der Waals surface area (Å²) in [5.41, 5.74) is 0.664. The van der Waals surface area contributed by atoms with Gasteiger partial charge in [0.2, 0.25) is 0 Å². The van der Waals surface area contributed by atoms with Crippen molar-refractivity contribution >= 4 is 29.1 Å². The van der Waals surface area contributed by atoms with Crippen LogP contribution in [0.5, 0.6) is 0 Å². The summed E-state index contributed by atoms with van der Waals surface area (Å²) in [6.07, 6.45) is 2.94. The van der Waals surface area contributed by atoms with Crippen LogP contribution in [0.3, 0.4) is 0 Å². The van der Waals surface area contributed by atoms with Crippen molar-refractivity contribution in [3.8, 4) is 0 Å². The van der Waals surface area contributed by atoms with Gasteiger partial charge < -0.3 is 10.6 Å². The molecule has 0 aliphatic carbocycles. The fourth-order valence-corrected chi connectivity index (χ4v) is 2.02. The van der Waals surface area contributed by atoms with Crippen LogP contribution in [0.1, 0.15) is 13.3 Å². The topological polar surface area (TPSA) is 49.8 Å². The fourth-order valence-electron chi connectivity index (χ4n) is 1.64. The van der Waals surface area contributed by atoms with Crippen molar-refractivity contribution in [1.29, 1.82) is 0 Å². The largest absolute Gasteiger partial charge is 0.370 e. The number of nitrogens with zero attached hydrogens (tertiary/aromatic N) is 2. The zero-order valence-corrected chi connectivity index (χ0v) is 12.3. The highest BCUT2D eigenvalue weighted by Gasteiger charge is 2.04. The van der Waals surface area contributed by atoms with Crippen LogP contribution < -0.4 is 10.6 Å². The molecule has 1 aromatic heterocycles. The number of anilines is 3. The van der Waals surface area contributed by atoms with Crippen LogP contribution >= 0.6 is 11.8 Å². The zero-order valence-electron chi connectivity index (χ0n) is 11.5. The van der Waals surface area contributed by atoms with E-state index in [4.69, 9.17) is 0 Å². The van der Waals surface area contributed by atoms with Crippen molar-refractivity contribution in [3.05, 3.63) is 36.1 Å². The molecule has 1 heterocycles. The third-order valence-corrected chi connectivity index (χ3v) is 3.09. The van der Waals surface area contributed by atoms with Gasteiger partial charge in [0.15, 0.2) is 5.16 Å². The first kappa shape index (κ1) is 14.6. The van der Waals surface area contributed by atoms with Crippen molar-refractivity contribution in [3.63, 3.8) is 0 Å². The van der Waals surface area contributed by atoms with Gasteiger partial charge in [0.05, 0.1) is 0 Å². The highest BCUT2D eigenvalue weighted by Crippen LogP contribution is 2.21. The molecule has 0 fully saturated rings. The third-order valence-electron chi connectivity index (χ3n) is 2.54. The minimum atomic E-state index is -0.279. The Morgan fingerprint density at radius 3 is 2.70 bits per heavy atom. The van der Waals surface area contributed by atoms with Crippen LogP contribution in [0.25, 0.3) is 0 Å². The number of benzene rings is 1. The highest BCUT2D eigenvalue weighted by atomic mass is 32.2. The summed E-state index contributed by atoms with van der Waals surface area (Å²) in [5.74, 6) is 1.14. The van der Waals surface area contributed by atoms with Gasteiger partial charge in [0, 0.05) is 18.3 Å². The van der Waals surface area contributed by atoms with Gasteiger partial charge >= 0.3 is 0 Å². The van der Waals surface area contributed by atoms with Crippen LogP contribution in [-0.2, 0) is 0 Å². The van der Waals surface area contributed by atoms with Crippen LogP contribution in [0.15, 0.2) is 35.5 Å². The minimum absolute atomic E-state index is 0.279. The Balaban J connectivity index is 2.21. The number of hydrogen-bond donors (Lipinski definition) is 2. The Morgan fingerprint density at radius 2 is 2.00 bits per heavy atom. The first-order valence-electron chi connectivity index (χ1n) is 6.41. The molecule has 0 saturated heterocycles. The summed E-state index contributed by atoms with van der Waals surface area (Å²) in [4.78, 5) is 8.74. The first-order valence-corrected chi connectivity index (χ1v) is 7.63. The van der Waals surface area contributed by atoms with Crippen molar-refractivity contribution in [2.75, 3.05) is 23.4 Å². The summed E-state index contributed by atoms with van der Waals surface area (Å²) < 4.78 is 13.2. The van der Waals surface area contributed by atoms with Gasteiger partial charge in [-0.05, 0) is 30.9 Å². The average Bonchev–Trinajstić information content (AvgIpc) is 2.45. The number of hydrogen-bond acceptors (Lipinski definition) is 5. The lowest BCUT2D eigenvalue weighted by molar-refractivity contribution is 0.628. The third kappa shape index (κ3) is 4.09. The lowest BCUT2D eigenvalue weighted by atomic mass is 10.3. The summed E-state index contributed by atoms with van der Waals surface area (Å²) >= 11 is 1.47. The van der Waals surface area contributed by atoms with E-state index in [0.717, 1.165) is 18.8 Å². The molecule has 0 aliphatic rings. The normalized spacial score (nSPS) is 10.3. The maximum atomic E-state index is 13.2. The first-order chi connectivity index (χ1) is 9.71.